The van der Waals surface area contributed by atoms with Crippen molar-refractivity contribution in [3.8, 4) is 0 Å². The number of thiocarbonyl (C=S) groups is 1. The summed E-state index contributed by atoms with van der Waals surface area (Å²) in [6.45, 7) is 3.05. The third-order valence-electron chi connectivity index (χ3n) is 8.87. The van der Waals surface area contributed by atoms with Crippen molar-refractivity contribution in [1.82, 2.24) is 20.4 Å². The smallest absolute Gasteiger partial charge is 0.255 e. The van der Waals surface area contributed by atoms with Crippen molar-refractivity contribution < 1.29 is 9.59 Å². The lowest BCUT2D eigenvalue weighted by Crippen LogP contribution is -2.55. The van der Waals surface area contributed by atoms with Crippen LogP contribution in [-0.2, 0) is 11.3 Å². The number of nitrogens with one attached hydrogen (secondary N) is 2. The third-order valence-corrected chi connectivity index (χ3v) is 10.3. The standard InChI is InChI=1S/C33H44N4O2S2.ClH/c38-31(30-23-41-24-37(30)33(39)27-14-8-3-9-15-27)35-29(17-16-25-10-4-1-5-11-25)32(40)34-28-18-20-36(21-19-28)22-26-12-6-2-7-13-26;/h2-3,6-9,12-15,25,28-30H,1,4-5,10-11,16-24H2,(H,34,40)(H,35,38);1H/t29-,30+;/m1./s1. The Morgan fingerprint density at radius 1 is 0.929 bits per heavy atom. The van der Waals surface area contributed by atoms with Crippen LogP contribution in [0.4, 0.5) is 0 Å². The molecule has 9 heteroatoms. The van der Waals surface area contributed by atoms with Crippen molar-refractivity contribution in [2.75, 3.05) is 24.7 Å². The van der Waals surface area contributed by atoms with Gasteiger partial charge >= 0.3 is 0 Å². The Bertz CT molecular complexity index is 1140. The summed E-state index contributed by atoms with van der Waals surface area (Å²) in [5.74, 6) is 1.68. The van der Waals surface area contributed by atoms with Gasteiger partial charge in [-0.1, -0.05) is 92.9 Å². The summed E-state index contributed by atoms with van der Waals surface area (Å²) < 4.78 is 0. The van der Waals surface area contributed by atoms with Gasteiger partial charge in [-0.2, -0.15) is 0 Å². The molecule has 0 radical (unpaired) electrons. The molecule has 2 aliphatic heterocycles. The topological polar surface area (TPSA) is 64.7 Å². The van der Waals surface area contributed by atoms with E-state index in [0.717, 1.165) is 50.3 Å². The summed E-state index contributed by atoms with van der Waals surface area (Å²) in [6.07, 6.45) is 10.5. The van der Waals surface area contributed by atoms with Gasteiger partial charge in [0.25, 0.3) is 5.91 Å². The Balaban J connectivity index is 0.00000405. The van der Waals surface area contributed by atoms with E-state index in [1.165, 1.54) is 37.7 Å². The predicted octanol–water partition coefficient (Wildman–Crippen LogP) is 6.05. The molecule has 2 amide bonds. The Morgan fingerprint density at radius 2 is 1.60 bits per heavy atom. The van der Waals surface area contributed by atoms with Gasteiger partial charge in [-0.15, -0.1) is 24.2 Å². The summed E-state index contributed by atoms with van der Waals surface area (Å²) in [5.41, 5.74) is 1.97. The van der Waals surface area contributed by atoms with E-state index in [-0.39, 0.29) is 30.3 Å². The van der Waals surface area contributed by atoms with Crippen molar-refractivity contribution >= 4 is 53.2 Å². The molecule has 228 valence electrons. The molecule has 3 aliphatic rings. The predicted molar refractivity (Wildman–Crippen MR) is 179 cm³/mol. The maximum atomic E-state index is 13.7. The van der Waals surface area contributed by atoms with Crippen LogP contribution in [-0.4, -0.2) is 69.4 Å². The Morgan fingerprint density at radius 3 is 2.29 bits per heavy atom. The summed E-state index contributed by atoms with van der Waals surface area (Å²) in [4.78, 5) is 31.8. The highest BCUT2D eigenvalue weighted by Gasteiger charge is 2.36. The lowest BCUT2D eigenvalue weighted by atomic mass is 9.85. The lowest BCUT2D eigenvalue weighted by molar-refractivity contribution is -0.124. The molecule has 0 aromatic heterocycles. The van der Waals surface area contributed by atoms with Gasteiger partial charge in [0.15, 0.2) is 0 Å². The monoisotopic (exact) mass is 628 g/mol. The molecule has 2 saturated heterocycles. The molecule has 0 unspecified atom stereocenters. The van der Waals surface area contributed by atoms with Crippen molar-refractivity contribution in [2.24, 2.45) is 5.92 Å². The highest BCUT2D eigenvalue weighted by molar-refractivity contribution is 7.99. The van der Waals surface area contributed by atoms with Crippen molar-refractivity contribution in [3.05, 3.63) is 71.8 Å². The number of rotatable bonds is 10. The molecule has 1 saturated carbocycles. The zero-order chi connectivity index (χ0) is 28.4. The fraction of sp³-hybridized carbons (Fsp3) is 0.545. The minimum atomic E-state index is -0.478. The normalized spacial score (nSPS) is 20.9. The van der Waals surface area contributed by atoms with Gasteiger partial charge in [-0.3, -0.25) is 14.5 Å². The summed E-state index contributed by atoms with van der Waals surface area (Å²) in [7, 11) is 0. The summed E-state index contributed by atoms with van der Waals surface area (Å²) in [6, 6.07) is 19.5. The van der Waals surface area contributed by atoms with Crippen LogP contribution in [0, 0.1) is 5.92 Å². The first-order valence-electron chi connectivity index (χ1n) is 15.4. The Hall–Kier alpha value is -2.13. The number of hydrogen-bond donors (Lipinski definition) is 2. The first kappa shape index (κ1) is 32.8. The summed E-state index contributed by atoms with van der Waals surface area (Å²) >= 11 is 7.62. The second kappa shape index (κ2) is 16.6. The second-order valence-electron chi connectivity index (χ2n) is 11.8. The number of amides is 2. The number of benzene rings is 2. The third kappa shape index (κ3) is 9.18. The molecular formula is C33H45ClN4O2S2. The zero-order valence-corrected chi connectivity index (χ0v) is 26.9. The number of piperidine rings is 1. The quantitative estimate of drug-likeness (QED) is 0.312. The molecule has 6 nitrogen and oxygen atoms in total. The van der Waals surface area contributed by atoms with Gasteiger partial charge in [0, 0.05) is 37.0 Å². The number of carbonyl (C=O) groups excluding carboxylic acids is 2. The zero-order valence-electron chi connectivity index (χ0n) is 24.4. The molecule has 0 bridgehead atoms. The number of hydrogen-bond acceptors (Lipinski definition) is 5. The molecule has 0 spiro atoms. The van der Waals surface area contributed by atoms with Crippen molar-refractivity contribution in [2.45, 2.75) is 82.5 Å². The van der Waals surface area contributed by atoms with Crippen LogP contribution in [0.1, 0.15) is 73.7 Å². The lowest BCUT2D eigenvalue weighted by Gasteiger charge is -2.34. The van der Waals surface area contributed by atoms with E-state index in [2.05, 4.69) is 45.9 Å². The van der Waals surface area contributed by atoms with E-state index in [1.807, 2.05) is 30.3 Å². The molecule has 2 aromatic rings. The molecule has 2 N–H and O–H groups in total. The number of carbonyl (C=O) groups is 2. The van der Waals surface area contributed by atoms with E-state index in [4.69, 9.17) is 12.2 Å². The van der Waals surface area contributed by atoms with E-state index >= 15 is 0 Å². The highest BCUT2D eigenvalue weighted by Crippen LogP contribution is 2.28. The van der Waals surface area contributed by atoms with E-state index in [9.17, 15) is 9.59 Å². The average Bonchev–Trinajstić information content (AvgIpc) is 3.51. The van der Waals surface area contributed by atoms with Gasteiger partial charge in [0.2, 0.25) is 5.91 Å². The number of halogens is 1. The molecule has 3 fully saturated rings. The summed E-state index contributed by atoms with van der Waals surface area (Å²) in [5, 5.41) is 6.96. The van der Waals surface area contributed by atoms with Gasteiger partial charge < -0.3 is 15.5 Å². The van der Waals surface area contributed by atoms with Crippen LogP contribution in [0.2, 0.25) is 0 Å². The van der Waals surface area contributed by atoms with E-state index < -0.39 is 6.04 Å². The second-order valence-corrected chi connectivity index (χ2v) is 13.3. The minimum Gasteiger partial charge on any atom is -0.375 e. The van der Waals surface area contributed by atoms with Gasteiger partial charge in [0.05, 0.1) is 16.9 Å². The molecule has 2 aromatic carbocycles. The van der Waals surface area contributed by atoms with E-state index in [0.29, 0.717) is 29.2 Å². The van der Waals surface area contributed by atoms with Crippen molar-refractivity contribution in [1.29, 1.82) is 0 Å². The number of likely N-dealkylation sites (tertiary alicyclic amines) is 1. The maximum Gasteiger partial charge on any atom is 0.255 e. The Kier molecular flexibility index (Phi) is 13.0. The molecular weight excluding hydrogens is 584 g/mol. The first-order chi connectivity index (χ1) is 20.1. The molecule has 5 rings (SSSR count). The van der Waals surface area contributed by atoms with Crippen LogP contribution in [0.15, 0.2) is 60.7 Å². The van der Waals surface area contributed by atoms with Gasteiger partial charge in [-0.05, 0) is 49.3 Å². The van der Waals surface area contributed by atoms with E-state index in [1.54, 1.807) is 16.7 Å². The average molecular weight is 629 g/mol. The van der Waals surface area contributed by atoms with Crippen LogP contribution in [0.25, 0.3) is 0 Å². The fourth-order valence-electron chi connectivity index (χ4n) is 6.40. The number of nitrogens with zero attached hydrogens (tertiary/aromatic N) is 2. The molecule has 2 heterocycles. The minimum absolute atomic E-state index is 0. The Labute approximate surface area is 267 Å². The van der Waals surface area contributed by atoms with Gasteiger partial charge in [-0.25, -0.2) is 0 Å². The van der Waals surface area contributed by atoms with Gasteiger partial charge in [0.1, 0.15) is 6.04 Å². The highest BCUT2D eigenvalue weighted by atomic mass is 35.5. The SMILES string of the molecule is Cl.O=C(N[C@H](CCC1CCCCC1)C(=S)NC1CCN(Cc2ccccc2)CC1)[C@@H]1CSCN1C(=O)c1ccccc1. The number of thioether (sulfide) groups is 1. The van der Waals surface area contributed by atoms with Crippen LogP contribution >= 0.6 is 36.4 Å². The van der Waals surface area contributed by atoms with Crippen molar-refractivity contribution in [3.63, 3.8) is 0 Å². The maximum absolute atomic E-state index is 13.7. The van der Waals surface area contributed by atoms with Crippen LogP contribution in [0.5, 0.6) is 0 Å². The molecule has 2 atom stereocenters. The fourth-order valence-corrected chi connectivity index (χ4v) is 7.90. The van der Waals surface area contributed by atoms with Crippen LogP contribution in [0.3, 0.4) is 0 Å². The first-order valence-corrected chi connectivity index (χ1v) is 16.9. The van der Waals surface area contributed by atoms with Crippen LogP contribution < -0.4 is 10.6 Å². The molecule has 1 aliphatic carbocycles. The molecule has 42 heavy (non-hydrogen) atoms. The largest absolute Gasteiger partial charge is 0.375 e.